The van der Waals surface area contributed by atoms with Gasteiger partial charge in [0.25, 0.3) is 0 Å². The van der Waals surface area contributed by atoms with Crippen LogP contribution in [0, 0.1) is 6.92 Å². The zero-order chi connectivity index (χ0) is 13.7. The van der Waals surface area contributed by atoms with Crippen LogP contribution in [-0.4, -0.2) is 55.0 Å². The second-order valence-electron chi connectivity index (χ2n) is 4.68. The van der Waals surface area contributed by atoms with Gasteiger partial charge < -0.3 is 19.9 Å². The molecule has 1 aromatic rings. The number of anilines is 1. The highest BCUT2D eigenvalue weighted by Crippen LogP contribution is 2.10. The van der Waals surface area contributed by atoms with Gasteiger partial charge in [-0.2, -0.15) is 0 Å². The predicted octanol–water partition coefficient (Wildman–Crippen LogP) is 0.825. The second-order valence-corrected chi connectivity index (χ2v) is 4.68. The number of amides is 2. The fourth-order valence-electron chi connectivity index (χ4n) is 2.00. The Morgan fingerprint density at radius 1 is 1.63 bits per heavy atom. The fourth-order valence-corrected chi connectivity index (χ4v) is 2.00. The lowest BCUT2D eigenvalue weighted by Gasteiger charge is -2.30. The molecule has 0 spiro atoms. The molecule has 1 aromatic heterocycles. The van der Waals surface area contributed by atoms with E-state index in [2.05, 4.69) is 27.6 Å². The molecule has 2 rings (SSSR count). The molecule has 7 heteroatoms. The second kappa shape index (κ2) is 6.53. The number of hydrogen-bond donors (Lipinski definition) is 2. The van der Waals surface area contributed by atoms with Gasteiger partial charge in [0.15, 0.2) is 0 Å². The zero-order valence-electron chi connectivity index (χ0n) is 11.3. The van der Waals surface area contributed by atoms with E-state index >= 15 is 0 Å². The average molecular weight is 268 g/mol. The molecule has 2 N–H and O–H groups in total. The molecule has 7 nitrogen and oxygen atoms in total. The number of hydrogen-bond acceptors (Lipinski definition) is 5. The first-order valence-electron chi connectivity index (χ1n) is 6.45. The number of nitrogens with zero attached hydrogens (tertiary/aromatic N) is 2. The van der Waals surface area contributed by atoms with Gasteiger partial charge in [0.2, 0.25) is 0 Å². The van der Waals surface area contributed by atoms with Crippen LogP contribution in [0.25, 0.3) is 0 Å². The number of rotatable bonds is 4. The summed E-state index contributed by atoms with van der Waals surface area (Å²) in [5.41, 5.74) is 1.26. The van der Waals surface area contributed by atoms with E-state index in [0.29, 0.717) is 17.9 Å². The van der Waals surface area contributed by atoms with Crippen LogP contribution in [0.4, 0.5) is 10.5 Å². The molecule has 0 radical (unpaired) electrons. The molecule has 0 aliphatic carbocycles. The number of ether oxygens (including phenoxy) is 1. The van der Waals surface area contributed by atoms with E-state index in [1.807, 2.05) is 0 Å². The minimum Gasteiger partial charge on any atom is -0.376 e. The topological polar surface area (TPSA) is 79.6 Å². The summed E-state index contributed by atoms with van der Waals surface area (Å²) in [5.74, 6) is 0. The molecule has 0 bridgehead atoms. The molecule has 0 saturated carbocycles. The van der Waals surface area contributed by atoms with Crippen LogP contribution in [0.5, 0.6) is 0 Å². The van der Waals surface area contributed by atoms with Crippen molar-refractivity contribution in [2.75, 3.05) is 38.1 Å². The van der Waals surface area contributed by atoms with Crippen LogP contribution in [0.3, 0.4) is 0 Å². The third kappa shape index (κ3) is 4.22. The first kappa shape index (κ1) is 13.8. The van der Waals surface area contributed by atoms with Gasteiger partial charge in [-0.05, 0) is 13.8 Å². The Bertz CT molecular complexity index is 421. The summed E-state index contributed by atoms with van der Waals surface area (Å²) in [7, 11) is 0. The molecule has 0 aromatic carbocycles. The van der Waals surface area contributed by atoms with Crippen LogP contribution >= 0.6 is 0 Å². The van der Waals surface area contributed by atoms with Crippen molar-refractivity contribution in [2.24, 2.45) is 0 Å². The third-order valence-corrected chi connectivity index (χ3v) is 3.04. The predicted molar refractivity (Wildman–Crippen MR) is 70.1 cm³/mol. The van der Waals surface area contributed by atoms with Gasteiger partial charge in [-0.25, -0.2) is 4.79 Å². The zero-order valence-corrected chi connectivity index (χ0v) is 11.3. The summed E-state index contributed by atoms with van der Waals surface area (Å²) in [6.45, 7) is 7.83. The Labute approximate surface area is 112 Å². The van der Waals surface area contributed by atoms with E-state index in [9.17, 15) is 4.79 Å². The van der Waals surface area contributed by atoms with Gasteiger partial charge in [-0.15, -0.1) is 0 Å². The van der Waals surface area contributed by atoms with Gasteiger partial charge in [0.05, 0.1) is 12.7 Å². The summed E-state index contributed by atoms with van der Waals surface area (Å²) >= 11 is 0. The normalized spacial score (nSPS) is 20.2. The summed E-state index contributed by atoms with van der Waals surface area (Å²) in [6.07, 6.45) is 1.68. The van der Waals surface area contributed by atoms with Crippen molar-refractivity contribution in [3.05, 3.63) is 12.0 Å². The van der Waals surface area contributed by atoms with Crippen LogP contribution in [-0.2, 0) is 4.74 Å². The fraction of sp³-hybridized carbons (Fsp3) is 0.667. The van der Waals surface area contributed by atoms with E-state index in [1.165, 1.54) is 6.26 Å². The molecule has 1 unspecified atom stereocenters. The maximum absolute atomic E-state index is 11.6. The summed E-state index contributed by atoms with van der Waals surface area (Å²) in [5, 5.41) is 9.19. The van der Waals surface area contributed by atoms with Crippen LogP contribution in [0.1, 0.15) is 12.6 Å². The lowest BCUT2D eigenvalue weighted by molar-refractivity contribution is -0.0174. The number of carbonyl (C=O) groups is 1. The molecule has 2 heterocycles. The average Bonchev–Trinajstić information content (AvgIpc) is 2.75. The van der Waals surface area contributed by atoms with E-state index in [-0.39, 0.29) is 12.1 Å². The molecule has 19 heavy (non-hydrogen) atoms. The van der Waals surface area contributed by atoms with Crippen molar-refractivity contribution in [2.45, 2.75) is 20.0 Å². The summed E-state index contributed by atoms with van der Waals surface area (Å²) in [6, 6.07) is -0.243. The Hall–Kier alpha value is -1.60. The Morgan fingerprint density at radius 3 is 3.16 bits per heavy atom. The van der Waals surface area contributed by atoms with Crippen LogP contribution in [0.2, 0.25) is 0 Å². The number of aromatic nitrogens is 1. The van der Waals surface area contributed by atoms with Crippen molar-refractivity contribution in [3.8, 4) is 0 Å². The maximum atomic E-state index is 11.6. The minimum atomic E-state index is -0.243. The molecular formula is C12H20N4O3. The van der Waals surface area contributed by atoms with Crippen molar-refractivity contribution >= 4 is 11.7 Å². The van der Waals surface area contributed by atoms with Crippen molar-refractivity contribution in [1.29, 1.82) is 0 Å². The van der Waals surface area contributed by atoms with Crippen LogP contribution < -0.4 is 10.6 Å². The van der Waals surface area contributed by atoms with Gasteiger partial charge in [0, 0.05) is 26.2 Å². The first-order chi connectivity index (χ1) is 9.15. The number of aryl methyl sites for hydroxylation is 1. The monoisotopic (exact) mass is 268 g/mol. The van der Waals surface area contributed by atoms with E-state index in [4.69, 9.17) is 9.26 Å². The van der Waals surface area contributed by atoms with E-state index in [0.717, 1.165) is 26.2 Å². The van der Waals surface area contributed by atoms with Crippen molar-refractivity contribution in [3.63, 3.8) is 0 Å². The molecule has 1 atom stereocenters. The molecule has 1 aliphatic heterocycles. The SMILES string of the molecule is Cc1nocc1NC(=O)NCCN1CCOC(C)C1. The Kier molecular flexibility index (Phi) is 4.75. The van der Waals surface area contributed by atoms with Gasteiger partial charge >= 0.3 is 6.03 Å². The highest BCUT2D eigenvalue weighted by molar-refractivity contribution is 5.89. The number of carbonyl (C=O) groups excluding carboxylic acids is 1. The summed E-state index contributed by atoms with van der Waals surface area (Å²) < 4.78 is 10.2. The van der Waals surface area contributed by atoms with Crippen molar-refractivity contribution < 1.29 is 14.1 Å². The lowest BCUT2D eigenvalue weighted by atomic mass is 10.3. The molecule has 106 valence electrons. The van der Waals surface area contributed by atoms with Gasteiger partial charge in [-0.3, -0.25) is 4.90 Å². The van der Waals surface area contributed by atoms with Gasteiger partial charge in [-0.1, -0.05) is 5.16 Å². The largest absolute Gasteiger partial charge is 0.376 e. The van der Waals surface area contributed by atoms with Gasteiger partial charge in [0.1, 0.15) is 17.6 Å². The standard InChI is InChI=1S/C12H20N4O3/c1-9-7-16(5-6-18-9)4-3-13-12(17)14-11-8-19-15-10(11)2/h8-9H,3-7H2,1-2H3,(H2,13,14,17). The Balaban J connectivity index is 1.65. The smallest absolute Gasteiger partial charge is 0.319 e. The number of urea groups is 1. The quantitative estimate of drug-likeness (QED) is 0.845. The molecular weight excluding hydrogens is 248 g/mol. The third-order valence-electron chi connectivity index (χ3n) is 3.04. The Morgan fingerprint density at radius 2 is 2.47 bits per heavy atom. The summed E-state index contributed by atoms with van der Waals surface area (Å²) in [4.78, 5) is 13.9. The molecule has 1 aliphatic rings. The molecule has 1 saturated heterocycles. The highest BCUT2D eigenvalue weighted by atomic mass is 16.5. The van der Waals surface area contributed by atoms with E-state index in [1.54, 1.807) is 6.92 Å². The number of morpholine rings is 1. The molecule has 1 fully saturated rings. The minimum absolute atomic E-state index is 0.243. The lowest BCUT2D eigenvalue weighted by Crippen LogP contribution is -2.45. The first-order valence-corrected chi connectivity index (χ1v) is 6.45. The van der Waals surface area contributed by atoms with E-state index < -0.39 is 0 Å². The maximum Gasteiger partial charge on any atom is 0.319 e. The highest BCUT2D eigenvalue weighted by Gasteiger charge is 2.16. The van der Waals surface area contributed by atoms with Crippen LogP contribution in [0.15, 0.2) is 10.8 Å². The molecule has 2 amide bonds. The van der Waals surface area contributed by atoms with Crippen molar-refractivity contribution in [1.82, 2.24) is 15.4 Å². The number of nitrogens with one attached hydrogen (secondary N) is 2.